The summed E-state index contributed by atoms with van der Waals surface area (Å²) in [7, 11) is 0. The SMILES string of the molecule is Cc1ccc(CN2CC(CC(C)C)NCCC2C)cc1. The van der Waals surface area contributed by atoms with Crippen molar-refractivity contribution in [3.05, 3.63) is 35.4 Å². The molecule has 2 unspecified atom stereocenters. The molecular weight excluding hydrogens is 244 g/mol. The third kappa shape index (κ3) is 4.60. The molecule has 20 heavy (non-hydrogen) atoms. The lowest BCUT2D eigenvalue weighted by Gasteiger charge is -2.29. The van der Waals surface area contributed by atoms with Crippen molar-refractivity contribution >= 4 is 0 Å². The molecular formula is C18H30N2. The molecule has 1 aromatic rings. The molecule has 0 radical (unpaired) electrons. The molecule has 1 N–H and O–H groups in total. The molecule has 0 spiro atoms. The van der Waals surface area contributed by atoms with Crippen LogP contribution in [-0.4, -0.2) is 30.1 Å². The molecule has 0 saturated carbocycles. The normalized spacial score (nSPS) is 24.9. The molecule has 0 aliphatic carbocycles. The maximum absolute atomic E-state index is 3.73. The van der Waals surface area contributed by atoms with Crippen LogP contribution in [0.1, 0.15) is 44.7 Å². The van der Waals surface area contributed by atoms with Gasteiger partial charge in [0.25, 0.3) is 0 Å². The molecule has 1 saturated heterocycles. The Hall–Kier alpha value is -0.860. The van der Waals surface area contributed by atoms with Crippen molar-refractivity contribution in [2.75, 3.05) is 13.1 Å². The summed E-state index contributed by atoms with van der Waals surface area (Å²) in [5.41, 5.74) is 2.78. The van der Waals surface area contributed by atoms with Gasteiger partial charge in [-0.2, -0.15) is 0 Å². The van der Waals surface area contributed by atoms with Gasteiger partial charge in [-0.3, -0.25) is 4.90 Å². The second-order valence-corrected chi connectivity index (χ2v) is 6.83. The first-order chi connectivity index (χ1) is 9.54. The van der Waals surface area contributed by atoms with E-state index in [1.54, 1.807) is 0 Å². The number of nitrogens with one attached hydrogen (secondary N) is 1. The van der Waals surface area contributed by atoms with E-state index in [9.17, 15) is 0 Å². The Morgan fingerprint density at radius 1 is 1.25 bits per heavy atom. The summed E-state index contributed by atoms with van der Waals surface area (Å²) in [6.07, 6.45) is 2.53. The van der Waals surface area contributed by atoms with Crippen LogP contribution in [0, 0.1) is 12.8 Å². The molecule has 2 heteroatoms. The van der Waals surface area contributed by atoms with Crippen molar-refractivity contribution in [3.63, 3.8) is 0 Å². The van der Waals surface area contributed by atoms with E-state index in [1.807, 2.05) is 0 Å². The maximum atomic E-state index is 3.73. The highest BCUT2D eigenvalue weighted by molar-refractivity contribution is 5.21. The van der Waals surface area contributed by atoms with Gasteiger partial charge in [-0.1, -0.05) is 43.7 Å². The van der Waals surface area contributed by atoms with Crippen LogP contribution in [0.5, 0.6) is 0 Å². The van der Waals surface area contributed by atoms with Gasteiger partial charge in [-0.05, 0) is 44.7 Å². The Labute approximate surface area is 124 Å². The standard InChI is InChI=1S/C18H30N2/c1-14(2)11-18-13-20(16(4)9-10-19-18)12-17-7-5-15(3)6-8-17/h5-8,14,16,18-19H,9-13H2,1-4H3. The third-order valence-corrected chi connectivity index (χ3v) is 4.34. The molecule has 1 fully saturated rings. The molecule has 1 aromatic carbocycles. The topological polar surface area (TPSA) is 15.3 Å². The lowest BCUT2D eigenvalue weighted by molar-refractivity contribution is 0.189. The Morgan fingerprint density at radius 2 is 1.95 bits per heavy atom. The van der Waals surface area contributed by atoms with Crippen molar-refractivity contribution in [3.8, 4) is 0 Å². The van der Waals surface area contributed by atoms with Gasteiger partial charge < -0.3 is 5.32 Å². The number of rotatable bonds is 4. The third-order valence-electron chi connectivity index (χ3n) is 4.34. The van der Waals surface area contributed by atoms with Crippen molar-refractivity contribution in [2.24, 2.45) is 5.92 Å². The highest BCUT2D eigenvalue weighted by Gasteiger charge is 2.23. The average Bonchev–Trinajstić information content (AvgIpc) is 2.54. The molecule has 1 aliphatic rings. The highest BCUT2D eigenvalue weighted by Crippen LogP contribution is 2.17. The van der Waals surface area contributed by atoms with Gasteiger partial charge in [0.2, 0.25) is 0 Å². The van der Waals surface area contributed by atoms with Crippen LogP contribution in [-0.2, 0) is 6.54 Å². The van der Waals surface area contributed by atoms with Crippen LogP contribution >= 0.6 is 0 Å². The van der Waals surface area contributed by atoms with Crippen molar-refractivity contribution in [1.82, 2.24) is 10.2 Å². The summed E-state index contributed by atoms with van der Waals surface area (Å²) < 4.78 is 0. The van der Waals surface area contributed by atoms with E-state index in [2.05, 4.69) is 62.2 Å². The van der Waals surface area contributed by atoms with Gasteiger partial charge in [0.1, 0.15) is 0 Å². The van der Waals surface area contributed by atoms with E-state index >= 15 is 0 Å². The molecule has 0 bridgehead atoms. The minimum atomic E-state index is 0.644. The summed E-state index contributed by atoms with van der Waals surface area (Å²) in [5, 5.41) is 3.73. The largest absolute Gasteiger partial charge is 0.313 e. The fourth-order valence-corrected chi connectivity index (χ4v) is 3.08. The first kappa shape index (κ1) is 15.5. The zero-order valence-corrected chi connectivity index (χ0v) is 13.5. The molecule has 0 amide bonds. The zero-order valence-electron chi connectivity index (χ0n) is 13.5. The monoisotopic (exact) mass is 274 g/mol. The summed E-state index contributed by atoms with van der Waals surface area (Å²) in [5.74, 6) is 0.766. The molecule has 2 nitrogen and oxygen atoms in total. The second-order valence-electron chi connectivity index (χ2n) is 6.83. The summed E-state index contributed by atoms with van der Waals surface area (Å²) in [4.78, 5) is 2.65. The number of aryl methyl sites for hydroxylation is 1. The van der Waals surface area contributed by atoms with Crippen LogP contribution in [0.3, 0.4) is 0 Å². The molecule has 2 atom stereocenters. The van der Waals surface area contributed by atoms with Crippen LogP contribution in [0.15, 0.2) is 24.3 Å². The number of benzene rings is 1. The Kier molecular flexibility index (Phi) is 5.62. The van der Waals surface area contributed by atoms with Crippen molar-refractivity contribution < 1.29 is 0 Å². The lowest BCUT2D eigenvalue weighted by Crippen LogP contribution is -2.40. The van der Waals surface area contributed by atoms with Crippen molar-refractivity contribution in [1.29, 1.82) is 0 Å². The van der Waals surface area contributed by atoms with Gasteiger partial charge in [-0.25, -0.2) is 0 Å². The number of hydrogen-bond acceptors (Lipinski definition) is 2. The second kappa shape index (κ2) is 7.24. The van der Waals surface area contributed by atoms with Gasteiger partial charge in [0, 0.05) is 25.2 Å². The lowest BCUT2D eigenvalue weighted by atomic mass is 10.0. The van der Waals surface area contributed by atoms with Gasteiger partial charge in [0.15, 0.2) is 0 Å². The van der Waals surface area contributed by atoms with E-state index < -0.39 is 0 Å². The smallest absolute Gasteiger partial charge is 0.0237 e. The van der Waals surface area contributed by atoms with E-state index in [4.69, 9.17) is 0 Å². The van der Waals surface area contributed by atoms with E-state index in [0.29, 0.717) is 12.1 Å². The molecule has 1 heterocycles. The molecule has 2 rings (SSSR count). The minimum Gasteiger partial charge on any atom is -0.313 e. The molecule has 1 aliphatic heterocycles. The van der Waals surface area contributed by atoms with Gasteiger partial charge in [-0.15, -0.1) is 0 Å². The number of nitrogens with zero attached hydrogens (tertiary/aromatic N) is 1. The number of hydrogen-bond donors (Lipinski definition) is 1. The Morgan fingerprint density at radius 3 is 2.60 bits per heavy atom. The van der Waals surface area contributed by atoms with Gasteiger partial charge in [0.05, 0.1) is 0 Å². The first-order valence-corrected chi connectivity index (χ1v) is 8.07. The molecule has 112 valence electrons. The van der Waals surface area contributed by atoms with Crippen molar-refractivity contribution in [2.45, 2.75) is 59.2 Å². The average molecular weight is 274 g/mol. The summed E-state index contributed by atoms with van der Waals surface area (Å²) in [6, 6.07) is 10.3. The maximum Gasteiger partial charge on any atom is 0.0237 e. The molecule has 0 aromatic heterocycles. The van der Waals surface area contributed by atoms with Gasteiger partial charge >= 0.3 is 0 Å². The van der Waals surface area contributed by atoms with E-state index in [-0.39, 0.29) is 0 Å². The van der Waals surface area contributed by atoms with E-state index in [0.717, 1.165) is 19.0 Å². The fraction of sp³-hybridized carbons (Fsp3) is 0.667. The van der Waals surface area contributed by atoms with Crippen LogP contribution in [0.25, 0.3) is 0 Å². The van der Waals surface area contributed by atoms with E-state index in [1.165, 1.54) is 30.5 Å². The van der Waals surface area contributed by atoms with Crippen LogP contribution in [0.4, 0.5) is 0 Å². The Balaban J connectivity index is 2.00. The summed E-state index contributed by atoms with van der Waals surface area (Å²) >= 11 is 0. The summed E-state index contributed by atoms with van der Waals surface area (Å²) in [6.45, 7) is 12.6. The fourth-order valence-electron chi connectivity index (χ4n) is 3.08. The first-order valence-electron chi connectivity index (χ1n) is 8.07. The van der Waals surface area contributed by atoms with Crippen LogP contribution in [0.2, 0.25) is 0 Å². The predicted molar refractivity (Wildman–Crippen MR) is 86.9 cm³/mol. The Bertz CT molecular complexity index is 396. The van der Waals surface area contributed by atoms with Crippen LogP contribution < -0.4 is 5.32 Å². The quantitative estimate of drug-likeness (QED) is 0.902. The predicted octanol–water partition coefficient (Wildman–Crippen LogP) is 3.59. The highest BCUT2D eigenvalue weighted by atomic mass is 15.2. The zero-order chi connectivity index (χ0) is 14.5. The minimum absolute atomic E-state index is 0.644.